The summed E-state index contributed by atoms with van der Waals surface area (Å²) in [7, 11) is 0. The zero-order valence-corrected chi connectivity index (χ0v) is 35.2. The number of primary amides is 1. The zero-order valence-electron chi connectivity index (χ0n) is 35.2. The first-order valence-corrected chi connectivity index (χ1v) is 21.0. The van der Waals surface area contributed by atoms with Gasteiger partial charge in [-0.1, -0.05) is 39.8 Å². The largest absolute Gasteiger partial charge is 0.508 e. The van der Waals surface area contributed by atoms with E-state index in [-0.39, 0.29) is 71.8 Å². The third-order valence-electron chi connectivity index (χ3n) is 12.6. The number of hydrogen-bond acceptors (Lipinski definition) is 12. The lowest BCUT2D eigenvalue weighted by atomic mass is 9.85. The number of rotatable bonds is 10. The topological polar surface area (TPSA) is 222 Å². The lowest BCUT2D eigenvalue weighted by molar-refractivity contribution is -0.190. The number of hydrogen-bond donors (Lipinski definition) is 5. The van der Waals surface area contributed by atoms with Crippen LogP contribution in [0.5, 0.6) is 17.2 Å². The normalized spacial score (nSPS) is 17.3. The van der Waals surface area contributed by atoms with E-state index >= 15 is 0 Å². The molecule has 5 heterocycles. The van der Waals surface area contributed by atoms with E-state index in [1.165, 1.54) is 6.07 Å². The Labute approximate surface area is 357 Å². The van der Waals surface area contributed by atoms with Gasteiger partial charge in [-0.2, -0.15) is 0 Å². The van der Waals surface area contributed by atoms with Gasteiger partial charge in [0, 0.05) is 22.6 Å². The molecule has 15 nitrogen and oxygen atoms in total. The zero-order chi connectivity index (χ0) is 44.2. The Hall–Kier alpha value is -6.74. The summed E-state index contributed by atoms with van der Waals surface area (Å²) < 4.78 is 13.3. The third kappa shape index (κ3) is 7.29. The van der Waals surface area contributed by atoms with Gasteiger partial charge in [-0.15, -0.1) is 0 Å². The predicted octanol–water partition coefficient (Wildman–Crippen LogP) is 6.30. The lowest BCUT2D eigenvalue weighted by Crippen LogP contribution is -2.49. The molecule has 3 aliphatic heterocycles. The van der Waals surface area contributed by atoms with Gasteiger partial charge in [0.1, 0.15) is 29.7 Å². The van der Waals surface area contributed by atoms with E-state index in [4.69, 9.17) is 25.6 Å². The average molecular weight is 843 g/mol. The van der Waals surface area contributed by atoms with Gasteiger partial charge in [-0.25, -0.2) is 19.5 Å². The van der Waals surface area contributed by atoms with Gasteiger partial charge in [0.2, 0.25) is 5.60 Å². The molecule has 2 amide bonds. The Balaban J connectivity index is 0.936. The number of ether oxygens (including phenoxy) is 2. The Morgan fingerprint density at radius 3 is 2.39 bits per heavy atom. The van der Waals surface area contributed by atoms with E-state index in [1.807, 2.05) is 37.8 Å². The molecule has 62 heavy (non-hydrogen) atoms. The quantitative estimate of drug-likeness (QED) is 0.0585. The molecular weight excluding hydrogens is 793 g/mol. The van der Waals surface area contributed by atoms with Crippen molar-refractivity contribution in [1.29, 1.82) is 5.41 Å². The number of phenols is 3. The molecule has 0 spiro atoms. The number of nitrogens with zero attached hydrogens (tertiary/aromatic N) is 4. The molecule has 6 N–H and O–H groups in total. The highest BCUT2D eigenvalue weighted by molar-refractivity contribution is 6.22. The molecule has 1 fully saturated rings. The molecule has 8 rings (SSSR count). The van der Waals surface area contributed by atoms with Gasteiger partial charge in [-0.05, 0) is 116 Å². The molecule has 1 atom stereocenters. The van der Waals surface area contributed by atoms with Gasteiger partial charge in [0.15, 0.2) is 0 Å². The van der Waals surface area contributed by atoms with Crippen molar-refractivity contribution in [2.45, 2.75) is 84.5 Å². The van der Waals surface area contributed by atoms with Crippen LogP contribution in [0, 0.1) is 11.3 Å². The Kier molecular flexibility index (Phi) is 11.0. The maximum atomic E-state index is 14.1. The second kappa shape index (κ2) is 16.3. The molecule has 1 saturated heterocycles. The van der Waals surface area contributed by atoms with Crippen LogP contribution in [0.1, 0.15) is 91.8 Å². The van der Waals surface area contributed by atoms with Crippen LogP contribution >= 0.6 is 0 Å². The first-order chi connectivity index (χ1) is 29.6. The van der Waals surface area contributed by atoms with Crippen LogP contribution in [0.25, 0.3) is 22.3 Å². The highest BCUT2D eigenvalue weighted by atomic mass is 16.6. The van der Waals surface area contributed by atoms with Crippen LogP contribution in [-0.4, -0.2) is 73.2 Å². The van der Waals surface area contributed by atoms with Crippen molar-refractivity contribution in [3.8, 4) is 28.6 Å². The minimum absolute atomic E-state index is 0.0526. The molecule has 0 aliphatic carbocycles. The maximum absolute atomic E-state index is 14.1. The number of carbonyl (C=O) groups is 3. The number of cyclic esters (lactones) is 1. The van der Waals surface area contributed by atoms with Crippen molar-refractivity contribution >= 4 is 40.4 Å². The Morgan fingerprint density at radius 1 is 1.00 bits per heavy atom. The maximum Gasteiger partial charge on any atom is 0.355 e. The number of carbonyl (C=O) groups excluding carboxylic acids is 3. The van der Waals surface area contributed by atoms with Crippen LogP contribution in [0.3, 0.4) is 0 Å². The summed E-state index contributed by atoms with van der Waals surface area (Å²) in [5, 5.41) is 40.6. The van der Waals surface area contributed by atoms with Crippen LogP contribution in [-0.2, 0) is 50.7 Å². The summed E-state index contributed by atoms with van der Waals surface area (Å²) in [4.78, 5) is 62.0. The molecule has 2 aromatic heterocycles. The fourth-order valence-electron chi connectivity index (χ4n) is 9.32. The van der Waals surface area contributed by atoms with Crippen molar-refractivity contribution in [2.24, 2.45) is 11.7 Å². The number of likely N-dealkylation sites (tertiary alicyclic amines) is 1. The van der Waals surface area contributed by atoms with Crippen LogP contribution < -0.4 is 16.2 Å². The number of phenolic OH excluding ortho intramolecular Hbond substituents is 3. The highest BCUT2D eigenvalue weighted by Gasteiger charge is 2.50. The fraction of sp³-hybridized carbons (Fsp3) is 0.362. The second-order valence-electron chi connectivity index (χ2n) is 16.7. The number of esters is 2. The van der Waals surface area contributed by atoms with Gasteiger partial charge in [0.05, 0.1) is 46.8 Å². The minimum atomic E-state index is -1.81. The van der Waals surface area contributed by atoms with Crippen molar-refractivity contribution in [1.82, 2.24) is 14.5 Å². The second-order valence-corrected chi connectivity index (χ2v) is 16.7. The standard InChI is InChI=1S/C47H50N6O9/c1-5-30-32-18-29(54)11-12-37(32)50-42-34(30)22-52-38(42)20-36-35(44(52)58)24-61-45(59)47(36,6-2)62-41(57)23-51-15-13-27(14-16-51)17-26-7-9-28(10-8-26)53(46(49)60)43(48)33-19-31(25(3)4)39(55)21-40(33)56/h7-12,18-21,25,27,48,54-56H,5-6,13-17,22-24H2,1-4H3,(H2,49,60). The number of benzene rings is 3. The molecular formula is C47H50N6O9. The number of aryl methyl sites for hydroxylation is 1. The number of aromatic hydroxyl groups is 3. The first kappa shape index (κ1) is 42.0. The smallest absolute Gasteiger partial charge is 0.355 e. The molecule has 322 valence electrons. The number of nitrogens with one attached hydrogen (secondary N) is 1. The molecule has 0 radical (unpaired) electrons. The van der Waals surface area contributed by atoms with E-state index in [0.29, 0.717) is 59.1 Å². The van der Waals surface area contributed by atoms with Gasteiger partial charge in [-0.3, -0.25) is 19.9 Å². The molecule has 3 aliphatic rings. The van der Waals surface area contributed by atoms with E-state index < -0.39 is 23.6 Å². The molecule has 1 unspecified atom stereocenters. The van der Waals surface area contributed by atoms with Crippen LogP contribution in [0.15, 0.2) is 65.5 Å². The number of nitrogens with two attached hydrogens (primary N) is 1. The Bertz CT molecular complexity index is 2720. The number of amidine groups is 1. The van der Waals surface area contributed by atoms with Crippen molar-refractivity contribution in [3.63, 3.8) is 0 Å². The number of fused-ring (bicyclic) bond motifs is 5. The number of amides is 2. The van der Waals surface area contributed by atoms with Crippen molar-refractivity contribution in [3.05, 3.63) is 110 Å². The summed E-state index contributed by atoms with van der Waals surface area (Å²) in [5.41, 5.74) is 9.77. The molecule has 3 aromatic carbocycles. The number of aromatic nitrogens is 2. The minimum Gasteiger partial charge on any atom is -0.508 e. The van der Waals surface area contributed by atoms with Crippen molar-refractivity contribution < 1.29 is 39.2 Å². The number of pyridine rings is 2. The summed E-state index contributed by atoms with van der Waals surface area (Å²) in [5.74, 6) is -1.78. The fourth-order valence-corrected chi connectivity index (χ4v) is 9.32. The van der Waals surface area contributed by atoms with E-state index in [0.717, 1.165) is 52.3 Å². The monoisotopic (exact) mass is 842 g/mol. The summed E-state index contributed by atoms with van der Waals surface area (Å²) >= 11 is 0. The van der Waals surface area contributed by atoms with Crippen LogP contribution in [0.4, 0.5) is 10.5 Å². The van der Waals surface area contributed by atoms with Crippen LogP contribution in [0.2, 0.25) is 0 Å². The van der Waals surface area contributed by atoms with Crippen molar-refractivity contribution in [2.75, 3.05) is 24.5 Å². The Morgan fingerprint density at radius 2 is 1.73 bits per heavy atom. The van der Waals surface area contributed by atoms with E-state index in [9.17, 15) is 34.5 Å². The third-order valence-corrected chi connectivity index (χ3v) is 12.6. The van der Waals surface area contributed by atoms with E-state index in [2.05, 4.69) is 0 Å². The predicted molar refractivity (Wildman–Crippen MR) is 232 cm³/mol. The number of anilines is 1. The number of piperidine rings is 1. The summed E-state index contributed by atoms with van der Waals surface area (Å²) in [6.45, 7) is 8.69. The first-order valence-electron chi connectivity index (χ1n) is 21.0. The summed E-state index contributed by atoms with van der Waals surface area (Å²) in [6, 6.07) is 15.7. The summed E-state index contributed by atoms with van der Waals surface area (Å²) in [6.07, 6.45) is 3.02. The van der Waals surface area contributed by atoms with Gasteiger partial charge in [0.25, 0.3) is 5.56 Å². The van der Waals surface area contributed by atoms with Gasteiger partial charge < -0.3 is 35.1 Å². The lowest BCUT2D eigenvalue weighted by Gasteiger charge is -2.37. The molecule has 5 aromatic rings. The average Bonchev–Trinajstić information content (AvgIpc) is 3.60. The molecule has 15 heteroatoms. The van der Waals surface area contributed by atoms with E-state index in [1.54, 1.807) is 47.9 Å². The molecule has 0 bridgehead atoms. The number of urea groups is 1. The molecule has 0 saturated carbocycles. The highest BCUT2D eigenvalue weighted by Crippen LogP contribution is 2.43. The van der Waals surface area contributed by atoms with Gasteiger partial charge >= 0.3 is 18.0 Å². The SMILES string of the molecule is CCc1c2c(nc3ccc(O)cc13)-c1cc3c(c(=O)n1C2)COC(=O)C3(CC)OC(=O)CN1CCC(Cc2ccc(N(C(=N)c3cc(C(C)C)c(O)cc3O)C(N)=O)cc2)CC1.